The molecular formula is C7H10F3NO. The third-order valence-electron chi connectivity index (χ3n) is 2.09. The first kappa shape index (κ1) is 9.35. The van der Waals surface area contributed by atoms with Gasteiger partial charge in [-0.3, -0.25) is 4.79 Å². The smallest absolute Gasteiger partial charge is 0.369 e. The van der Waals surface area contributed by atoms with Gasteiger partial charge in [0.1, 0.15) is 0 Å². The molecule has 70 valence electrons. The average molecular weight is 181 g/mol. The van der Waals surface area contributed by atoms with Crippen LogP contribution in [0.2, 0.25) is 0 Å². The molecule has 12 heavy (non-hydrogen) atoms. The van der Waals surface area contributed by atoms with Gasteiger partial charge in [-0.05, 0) is 18.8 Å². The van der Waals surface area contributed by atoms with Crippen LogP contribution < -0.4 is 5.73 Å². The van der Waals surface area contributed by atoms with Crippen LogP contribution in [0.4, 0.5) is 13.2 Å². The maximum Gasteiger partial charge on any atom is 0.389 e. The zero-order chi connectivity index (χ0) is 9.35. The number of nitrogens with two attached hydrogens (primary N) is 1. The molecule has 1 aliphatic carbocycles. The van der Waals surface area contributed by atoms with E-state index in [9.17, 15) is 18.0 Å². The van der Waals surface area contributed by atoms with Gasteiger partial charge >= 0.3 is 6.18 Å². The summed E-state index contributed by atoms with van der Waals surface area (Å²) in [7, 11) is 0. The van der Waals surface area contributed by atoms with Gasteiger partial charge in [-0.15, -0.1) is 0 Å². The van der Waals surface area contributed by atoms with Crippen LogP contribution in [0.1, 0.15) is 19.3 Å². The van der Waals surface area contributed by atoms with Crippen LogP contribution in [0.25, 0.3) is 0 Å². The summed E-state index contributed by atoms with van der Waals surface area (Å²) in [5.74, 6) is -0.890. The lowest BCUT2D eigenvalue weighted by Gasteiger charge is -2.03. The number of alkyl halides is 3. The molecule has 1 amide bonds. The van der Waals surface area contributed by atoms with Crippen LogP contribution in [-0.4, -0.2) is 12.1 Å². The first-order chi connectivity index (χ1) is 5.40. The Balaban J connectivity index is 2.16. The van der Waals surface area contributed by atoms with Crippen LogP contribution >= 0.6 is 0 Å². The normalized spacial score (nSPS) is 28.6. The van der Waals surface area contributed by atoms with E-state index in [1.165, 1.54) is 0 Å². The Morgan fingerprint density at radius 1 is 1.50 bits per heavy atom. The molecule has 1 fully saturated rings. The van der Waals surface area contributed by atoms with Gasteiger partial charge in [0.2, 0.25) is 5.91 Å². The summed E-state index contributed by atoms with van der Waals surface area (Å²) in [5, 5.41) is 0. The molecule has 0 aliphatic heterocycles. The SMILES string of the molecule is NC(=O)[C@@H]1C[C@H]1CCC(F)(F)F. The van der Waals surface area contributed by atoms with Crippen molar-refractivity contribution in [1.29, 1.82) is 0 Å². The van der Waals surface area contributed by atoms with E-state index in [4.69, 9.17) is 5.73 Å². The van der Waals surface area contributed by atoms with Crippen molar-refractivity contribution in [3.05, 3.63) is 0 Å². The van der Waals surface area contributed by atoms with Crippen molar-refractivity contribution in [2.45, 2.75) is 25.4 Å². The van der Waals surface area contributed by atoms with Crippen molar-refractivity contribution in [2.75, 3.05) is 0 Å². The van der Waals surface area contributed by atoms with Crippen LogP contribution in [0.15, 0.2) is 0 Å². The molecule has 1 rings (SSSR count). The Morgan fingerprint density at radius 3 is 2.42 bits per heavy atom. The molecule has 0 unspecified atom stereocenters. The van der Waals surface area contributed by atoms with Crippen LogP contribution in [0, 0.1) is 11.8 Å². The van der Waals surface area contributed by atoms with Gasteiger partial charge in [-0.25, -0.2) is 0 Å². The molecule has 0 heterocycles. The molecule has 0 spiro atoms. The lowest BCUT2D eigenvalue weighted by atomic mass is 10.2. The van der Waals surface area contributed by atoms with Crippen LogP contribution in [-0.2, 0) is 4.79 Å². The number of amides is 1. The van der Waals surface area contributed by atoms with Crippen molar-refractivity contribution in [3.8, 4) is 0 Å². The molecule has 2 N–H and O–H groups in total. The summed E-state index contributed by atoms with van der Waals surface area (Å²) in [6.45, 7) is 0. The van der Waals surface area contributed by atoms with Gasteiger partial charge in [0.25, 0.3) is 0 Å². The van der Waals surface area contributed by atoms with Crippen LogP contribution in [0.5, 0.6) is 0 Å². The molecule has 0 radical (unpaired) electrons. The summed E-state index contributed by atoms with van der Waals surface area (Å²) in [6.07, 6.45) is -4.34. The van der Waals surface area contributed by atoms with Gasteiger partial charge < -0.3 is 5.73 Å². The monoisotopic (exact) mass is 181 g/mol. The molecule has 1 saturated carbocycles. The minimum atomic E-state index is -4.11. The topological polar surface area (TPSA) is 43.1 Å². The zero-order valence-corrected chi connectivity index (χ0v) is 6.40. The molecule has 0 aromatic rings. The van der Waals surface area contributed by atoms with Crippen molar-refractivity contribution in [1.82, 2.24) is 0 Å². The molecule has 2 nitrogen and oxygen atoms in total. The molecule has 1 aliphatic rings. The Hall–Kier alpha value is -0.740. The number of primary amides is 1. The Kier molecular flexibility index (Phi) is 2.30. The number of hydrogen-bond donors (Lipinski definition) is 1. The maximum atomic E-state index is 11.7. The fourth-order valence-electron chi connectivity index (χ4n) is 1.26. The Morgan fingerprint density at radius 2 is 2.08 bits per heavy atom. The molecule has 5 heteroatoms. The molecule has 0 aromatic heterocycles. The van der Waals surface area contributed by atoms with Crippen molar-refractivity contribution in [2.24, 2.45) is 17.6 Å². The lowest BCUT2D eigenvalue weighted by Crippen LogP contribution is -2.15. The minimum Gasteiger partial charge on any atom is -0.369 e. The number of halogens is 3. The summed E-state index contributed by atoms with van der Waals surface area (Å²) >= 11 is 0. The van der Waals surface area contributed by atoms with Gasteiger partial charge in [0.15, 0.2) is 0 Å². The van der Waals surface area contributed by atoms with Gasteiger partial charge in [0.05, 0.1) is 0 Å². The molecular weight excluding hydrogens is 171 g/mol. The second-order valence-electron chi connectivity index (χ2n) is 3.16. The van der Waals surface area contributed by atoms with E-state index in [1.807, 2.05) is 0 Å². The Bertz CT molecular complexity index is 190. The quantitative estimate of drug-likeness (QED) is 0.703. The molecule has 0 saturated heterocycles. The van der Waals surface area contributed by atoms with E-state index in [2.05, 4.69) is 0 Å². The fraction of sp³-hybridized carbons (Fsp3) is 0.857. The molecule has 0 bridgehead atoms. The fourth-order valence-corrected chi connectivity index (χ4v) is 1.26. The summed E-state index contributed by atoms with van der Waals surface area (Å²) in [4.78, 5) is 10.4. The zero-order valence-electron chi connectivity index (χ0n) is 6.40. The van der Waals surface area contributed by atoms with Crippen molar-refractivity contribution >= 4 is 5.91 Å². The first-order valence-electron chi connectivity index (χ1n) is 3.76. The maximum absolute atomic E-state index is 11.7. The highest BCUT2D eigenvalue weighted by molar-refractivity contribution is 5.79. The van der Waals surface area contributed by atoms with E-state index < -0.39 is 18.5 Å². The van der Waals surface area contributed by atoms with E-state index in [1.54, 1.807) is 0 Å². The largest absolute Gasteiger partial charge is 0.389 e. The predicted octanol–water partition coefficient (Wildman–Crippen LogP) is 1.45. The summed E-state index contributed by atoms with van der Waals surface area (Å²) in [5.41, 5.74) is 4.91. The number of hydrogen-bond acceptors (Lipinski definition) is 1. The number of rotatable bonds is 3. The minimum absolute atomic E-state index is 0.0388. The van der Waals surface area contributed by atoms with Crippen molar-refractivity contribution < 1.29 is 18.0 Å². The van der Waals surface area contributed by atoms with E-state index in [-0.39, 0.29) is 18.3 Å². The van der Waals surface area contributed by atoms with E-state index >= 15 is 0 Å². The van der Waals surface area contributed by atoms with Gasteiger partial charge in [0, 0.05) is 12.3 Å². The van der Waals surface area contributed by atoms with Gasteiger partial charge in [-0.1, -0.05) is 0 Å². The number of carbonyl (C=O) groups excluding carboxylic acids is 1. The third kappa shape index (κ3) is 2.71. The molecule has 0 aromatic carbocycles. The second kappa shape index (κ2) is 2.95. The van der Waals surface area contributed by atoms with Crippen LogP contribution in [0.3, 0.4) is 0 Å². The summed E-state index contributed by atoms with van der Waals surface area (Å²) in [6, 6.07) is 0. The first-order valence-corrected chi connectivity index (χ1v) is 3.76. The standard InChI is InChI=1S/C7H10F3NO/c8-7(9,10)2-1-4-3-5(4)6(11)12/h4-5H,1-3H2,(H2,11,12)/t4-,5-/m1/s1. The second-order valence-corrected chi connectivity index (χ2v) is 3.16. The van der Waals surface area contributed by atoms with E-state index in [0.29, 0.717) is 6.42 Å². The summed E-state index contributed by atoms with van der Waals surface area (Å²) < 4.78 is 35.0. The number of carbonyl (C=O) groups is 1. The highest BCUT2D eigenvalue weighted by Gasteiger charge is 2.43. The molecule has 2 atom stereocenters. The van der Waals surface area contributed by atoms with E-state index in [0.717, 1.165) is 0 Å². The van der Waals surface area contributed by atoms with Crippen molar-refractivity contribution in [3.63, 3.8) is 0 Å². The lowest BCUT2D eigenvalue weighted by molar-refractivity contribution is -0.137. The Labute approximate surface area is 67.9 Å². The third-order valence-corrected chi connectivity index (χ3v) is 2.09. The average Bonchev–Trinajstić information content (AvgIpc) is 2.59. The predicted molar refractivity (Wildman–Crippen MR) is 36.1 cm³/mol. The van der Waals surface area contributed by atoms with Gasteiger partial charge in [-0.2, -0.15) is 13.2 Å². The highest BCUT2D eigenvalue weighted by atomic mass is 19.4. The highest BCUT2D eigenvalue weighted by Crippen LogP contribution is 2.43.